The smallest absolute Gasteiger partial charge is 0.310 e. The Labute approximate surface area is 122 Å². The second-order valence-electron chi connectivity index (χ2n) is 6.06. The highest BCUT2D eigenvalue weighted by Gasteiger charge is 2.49. The number of methoxy groups -OCH3 is 1. The quantitative estimate of drug-likeness (QED) is 0.786. The predicted octanol–water partition coefficient (Wildman–Crippen LogP) is 2.70. The summed E-state index contributed by atoms with van der Waals surface area (Å²) in [5, 5.41) is 0. The van der Waals surface area contributed by atoms with Crippen LogP contribution in [0.15, 0.2) is 18.2 Å². The van der Waals surface area contributed by atoms with Crippen LogP contribution in [0.5, 0.6) is 0 Å². The maximum atomic E-state index is 13.5. The normalized spacial score (nSPS) is 32.2. The van der Waals surface area contributed by atoms with E-state index < -0.39 is 11.6 Å². The molecule has 1 aromatic rings. The SMILES string of the molecule is COC(=O)[C@@H]1[C@H]2CC[C@@H](C[C@H]1c1cc(F)cc(F)c1)N2C. The molecule has 21 heavy (non-hydrogen) atoms. The van der Waals surface area contributed by atoms with E-state index in [-0.39, 0.29) is 23.8 Å². The fourth-order valence-electron chi connectivity index (χ4n) is 4.06. The minimum Gasteiger partial charge on any atom is -0.469 e. The number of piperidine rings is 1. The van der Waals surface area contributed by atoms with Gasteiger partial charge in [0, 0.05) is 24.1 Å². The van der Waals surface area contributed by atoms with Crippen LogP contribution in [0.25, 0.3) is 0 Å². The van der Waals surface area contributed by atoms with Gasteiger partial charge in [-0.05, 0) is 44.0 Å². The third-order valence-corrected chi connectivity index (χ3v) is 5.06. The molecule has 2 aliphatic rings. The number of hydrogen-bond donors (Lipinski definition) is 0. The summed E-state index contributed by atoms with van der Waals surface area (Å²) in [6.07, 6.45) is 2.67. The average Bonchev–Trinajstić information content (AvgIpc) is 2.69. The Morgan fingerprint density at radius 3 is 2.52 bits per heavy atom. The van der Waals surface area contributed by atoms with Crippen molar-refractivity contribution in [2.45, 2.75) is 37.3 Å². The topological polar surface area (TPSA) is 29.5 Å². The molecule has 0 saturated carbocycles. The average molecular weight is 295 g/mol. The van der Waals surface area contributed by atoms with Crippen molar-refractivity contribution in [1.82, 2.24) is 4.90 Å². The summed E-state index contributed by atoms with van der Waals surface area (Å²) in [5.74, 6) is -2.03. The van der Waals surface area contributed by atoms with Crippen molar-refractivity contribution in [2.24, 2.45) is 5.92 Å². The molecular formula is C16H19F2NO2. The fourth-order valence-corrected chi connectivity index (χ4v) is 4.06. The summed E-state index contributed by atoms with van der Waals surface area (Å²) < 4.78 is 32.0. The fraction of sp³-hybridized carbons (Fsp3) is 0.562. The number of esters is 1. The van der Waals surface area contributed by atoms with Crippen molar-refractivity contribution in [3.05, 3.63) is 35.4 Å². The van der Waals surface area contributed by atoms with E-state index in [1.807, 2.05) is 7.05 Å². The lowest BCUT2D eigenvalue weighted by atomic mass is 9.76. The minimum absolute atomic E-state index is 0.0903. The van der Waals surface area contributed by atoms with E-state index in [2.05, 4.69) is 4.90 Å². The van der Waals surface area contributed by atoms with Crippen LogP contribution in [0.1, 0.15) is 30.7 Å². The second kappa shape index (κ2) is 5.37. The summed E-state index contributed by atoms with van der Waals surface area (Å²) >= 11 is 0. The highest BCUT2D eigenvalue weighted by atomic mass is 19.1. The molecule has 3 nitrogen and oxygen atoms in total. The van der Waals surface area contributed by atoms with Crippen LogP contribution in [-0.4, -0.2) is 37.1 Å². The van der Waals surface area contributed by atoms with Gasteiger partial charge >= 0.3 is 5.97 Å². The molecule has 3 rings (SSSR count). The number of halogens is 2. The van der Waals surface area contributed by atoms with Crippen molar-refractivity contribution in [3.8, 4) is 0 Å². The molecule has 5 heteroatoms. The number of nitrogens with zero attached hydrogens (tertiary/aromatic N) is 1. The number of benzene rings is 1. The zero-order chi connectivity index (χ0) is 15.1. The van der Waals surface area contributed by atoms with Crippen LogP contribution in [0.4, 0.5) is 8.78 Å². The maximum absolute atomic E-state index is 13.5. The van der Waals surface area contributed by atoms with Gasteiger partial charge in [0.05, 0.1) is 13.0 Å². The highest BCUT2D eigenvalue weighted by Crippen LogP contribution is 2.46. The molecule has 0 aliphatic carbocycles. The van der Waals surface area contributed by atoms with E-state index >= 15 is 0 Å². The lowest BCUT2D eigenvalue weighted by Crippen LogP contribution is -2.49. The Morgan fingerprint density at radius 2 is 1.90 bits per heavy atom. The van der Waals surface area contributed by atoms with Gasteiger partial charge in [-0.3, -0.25) is 9.69 Å². The number of carbonyl (C=O) groups is 1. The Hall–Kier alpha value is -1.49. The Balaban J connectivity index is 2.00. The third-order valence-electron chi connectivity index (χ3n) is 5.06. The minimum atomic E-state index is -0.597. The molecule has 0 spiro atoms. The van der Waals surface area contributed by atoms with Crippen LogP contribution in [0.2, 0.25) is 0 Å². The molecule has 0 amide bonds. The molecule has 0 unspecified atom stereocenters. The summed E-state index contributed by atoms with van der Waals surface area (Å²) in [6, 6.07) is 4.00. The summed E-state index contributed by atoms with van der Waals surface area (Å²) in [7, 11) is 3.38. The highest BCUT2D eigenvalue weighted by molar-refractivity contribution is 5.75. The Kier molecular flexibility index (Phi) is 3.69. The molecule has 0 aromatic heterocycles. The molecule has 1 aromatic carbocycles. The van der Waals surface area contributed by atoms with Gasteiger partial charge in [-0.2, -0.15) is 0 Å². The zero-order valence-electron chi connectivity index (χ0n) is 12.2. The van der Waals surface area contributed by atoms with Gasteiger partial charge in [-0.1, -0.05) is 0 Å². The maximum Gasteiger partial charge on any atom is 0.310 e. The number of hydrogen-bond acceptors (Lipinski definition) is 3. The largest absolute Gasteiger partial charge is 0.469 e. The van der Waals surface area contributed by atoms with Crippen LogP contribution < -0.4 is 0 Å². The summed E-state index contributed by atoms with van der Waals surface area (Å²) in [5.41, 5.74) is 0.563. The predicted molar refractivity (Wildman–Crippen MR) is 73.8 cm³/mol. The van der Waals surface area contributed by atoms with Gasteiger partial charge in [0.2, 0.25) is 0 Å². The monoisotopic (exact) mass is 295 g/mol. The van der Waals surface area contributed by atoms with Crippen LogP contribution in [-0.2, 0) is 9.53 Å². The van der Waals surface area contributed by atoms with E-state index in [0.29, 0.717) is 11.6 Å². The molecule has 2 heterocycles. The van der Waals surface area contributed by atoms with Gasteiger partial charge in [0.1, 0.15) is 11.6 Å². The zero-order valence-corrected chi connectivity index (χ0v) is 12.2. The molecule has 2 saturated heterocycles. The van der Waals surface area contributed by atoms with E-state index in [1.165, 1.54) is 19.2 Å². The molecule has 2 aliphatic heterocycles. The first kappa shape index (κ1) is 14.4. The first-order valence-electron chi connectivity index (χ1n) is 7.27. The van der Waals surface area contributed by atoms with Crippen LogP contribution in [0.3, 0.4) is 0 Å². The van der Waals surface area contributed by atoms with Crippen molar-refractivity contribution < 1.29 is 18.3 Å². The number of fused-ring (bicyclic) bond motifs is 2. The molecular weight excluding hydrogens is 276 g/mol. The second-order valence-corrected chi connectivity index (χ2v) is 6.06. The molecule has 4 atom stereocenters. The van der Waals surface area contributed by atoms with E-state index in [1.54, 1.807) is 0 Å². The van der Waals surface area contributed by atoms with Gasteiger partial charge in [0.15, 0.2) is 0 Å². The van der Waals surface area contributed by atoms with Crippen molar-refractivity contribution in [2.75, 3.05) is 14.2 Å². The number of ether oxygens (including phenoxy) is 1. The molecule has 0 radical (unpaired) electrons. The number of carbonyl (C=O) groups excluding carboxylic acids is 1. The molecule has 0 N–H and O–H groups in total. The molecule has 2 fully saturated rings. The van der Waals surface area contributed by atoms with Gasteiger partial charge in [0.25, 0.3) is 0 Å². The van der Waals surface area contributed by atoms with Crippen LogP contribution in [0, 0.1) is 17.6 Å². The number of rotatable bonds is 2. The van der Waals surface area contributed by atoms with Crippen molar-refractivity contribution in [1.29, 1.82) is 0 Å². The molecule has 2 bridgehead atoms. The Morgan fingerprint density at radius 1 is 1.24 bits per heavy atom. The van der Waals surface area contributed by atoms with Gasteiger partial charge in [-0.25, -0.2) is 8.78 Å². The van der Waals surface area contributed by atoms with E-state index in [0.717, 1.165) is 25.3 Å². The summed E-state index contributed by atoms with van der Waals surface area (Å²) in [4.78, 5) is 14.4. The van der Waals surface area contributed by atoms with Gasteiger partial charge in [-0.15, -0.1) is 0 Å². The van der Waals surface area contributed by atoms with Crippen molar-refractivity contribution >= 4 is 5.97 Å². The lowest BCUT2D eigenvalue weighted by molar-refractivity contribution is -0.150. The molecule has 114 valence electrons. The first-order chi connectivity index (χ1) is 10.0. The standard InChI is InChI=1S/C16H19F2NO2/c1-19-12-3-4-14(19)15(16(20)21-2)13(8-12)9-5-10(17)7-11(18)6-9/h5-7,12-15H,3-4,8H2,1-2H3/t12-,13-,14+,15-/m0/s1. The lowest BCUT2D eigenvalue weighted by Gasteiger charge is -2.41. The van der Waals surface area contributed by atoms with Crippen LogP contribution >= 0.6 is 0 Å². The Bertz CT molecular complexity index is 543. The van der Waals surface area contributed by atoms with E-state index in [4.69, 9.17) is 4.74 Å². The van der Waals surface area contributed by atoms with Crippen molar-refractivity contribution in [3.63, 3.8) is 0 Å². The van der Waals surface area contributed by atoms with E-state index in [9.17, 15) is 13.6 Å². The first-order valence-corrected chi connectivity index (χ1v) is 7.27. The van der Waals surface area contributed by atoms with Gasteiger partial charge < -0.3 is 4.74 Å². The third kappa shape index (κ3) is 2.44. The summed E-state index contributed by atoms with van der Waals surface area (Å²) in [6.45, 7) is 0.